The minimum Gasteiger partial charge on any atom is -0.326 e. The van der Waals surface area contributed by atoms with E-state index in [0.717, 1.165) is 31.6 Å². The Hall–Kier alpha value is -1.35. The van der Waals surface area contributed by atoms with Crippen LogP contribution in [0.2, 0.25) is 0 Å². The van der Waals surface area contributed by atoms with Crippen molar-refractivity contribution >= 4 is 11.6 Å². The van der Waals surface area contributed by atoms with E-state index in [9.17, 15) is 4.79 Å². The van der Waals surface area contributed by atoms with Crippen molar-refractivity contribution in [2.75, 3.05) is 18.4 Å². The van der Waals surface area contributed by atoms with Gasteiger partial charge in [0.1, 0.15) is 0 Å². The molecule has 1 unspecified atom stereocenters. The van der Waals surface area contributed by atoms with Crippen LogP contribution in [0.4, 0.5) is 5.69 Å². The van der Waals surface area contributed by atoms with Gasteiger partial charge in [0.2, 0.25) is 5.91 Å². The number of aryl methyl sites for hydroxylation is 1. The third-order valence-corrected chi connectivity index (χ3v) is 3.61. The maximum Gasteiger partial charge on any atom is 0.224 e. The Labute approximate surface area is 109 Å². The summed E-state index contributed by atoms with van der Waals surface area (Å²) in [6, 6.07) is 8.03. The summed E-state index contributed by atoms with van der Waals surface area (Å²) < 4.78 is 0. The summed E-state index contributed by atoms with van der Waals surface area (Å²) in [5.74, 6) is 0.819. The third-order valence-electron chi connectivity index (χ3n) is 3.61. The summed E-state index contributed by atoms with van der Waals surface area (Å²) in [5, 5.41) is 6.36. The lowest BCUT2D eigenvalue weighted by atomic mass is 10.0. The average Bonchev–Trinajstić information content (AvgIpc) is 2.90. The van der Waals surface area contributed by atoms with Crippen LogP contribution in [-0.4, -0.2) is 19.0 Å². The highest BCUT2D eigenvalue weighted by Crippen LogP contribution is 2.18. The molecule has 3 heteroatoms. The van der Waals surface area contributed by atoms with Crippen LogP contribution in [0.1, 0.15) is 31.7 Å². The highest BCUT2D eigenvalue weighted by molar-refractivity contribution is 5.91. The second-order valence-corrected chi connectivity index (χ2v) is 4.96. The Morgan fingerprint density at radius 2 is 2.28 bits per heavy atom. The van der Waals surface area contributed by atoms with Crippen LogP contribution >= 0.6 is 0 Å². The van der Waals surface area contributed by atoms with Crippen molar-refractivity contribution in [3.8, 4) is 0 Å². The predicted molar refractivity (Wildman–Crippen MR) is 74.7 cm³/mol. The van der Waals surface area contributed by atoms with Crippen LogP contribution in [0, 0.1) is 5.92 Å². The zero-order valence-corrected chi connectivity index (χ0v) is 11.0. The quantitative estimate of drug-likeness (QED) is 0.838. The summed E-state index contributed by atoms with van der Waals surface area (Å²) in [7, 11) is 0. The van der Waals surface area contributed by atoms with Gasteiger partial charge in [0, 0.05) is 12.1 Å². The average molecular weight is 246 g/mol. The van der Waals surface area contributed by atoms with Gasteiger partial charge >= 0.3 is 0 Å². The van der Waals surface area contributed by atoms with Gasteiger partial charge in [0.25, 0.3) is 0 Å². The lowest BCUT2D eigenvalue weighted by Crippen LogP contribution is -2.15. The van der Waals surface area contributed by atoms with Gasteiger partial charge in [-0.3, -0.25) is 4.79 Å². The second kappa shape index (κ2) is 6.55. The highest BCUT2D eigenvalue weighted by atomic mass is 16.1. The van der Waals surface area contributed by atoms with Crippen molar-refractivity contribution < 1.29 is 4.79 Å². The van der Waals surface area contributed by atoms with E-state index < -0.39 is 0 Å². The first-order valence-corrected chi connectivity index (χ1v) is 6.88. The van der Waals surface area contributed by atoms with Crippen LogP contribution in [0.25, 0.3) is 0 Å². The lowest BCUT2D eigenvalue weighted by molar-refractivity contribution is -0.116. The zero-order valence-electron chi connectivity index (χ0n) is 11.0. The van der Waals surface area contributed by atoms with Crippen molar-refractivity contribution in [2.24, 2.45) is 5.92 Å². The van der Waals surface area contributed by atoms with E-state index in [2.05, 4.69) is 23.6 Å². The Balaban J connectivity index is 1.82. The van der Waals surface area contributed by atoms with Crippen LogP contribution in [0.15, 0.2) is 24.3 Å². The molecule has 0 aromatic heterocycles. The van der Waals surface area contributed by atoms with E-state index >= 15 is 0 Å². The molecule has 1 atom stereocenters. The molecule has 1 amide bonds. The molecule has 1 saturated heterocycles. The fraction of sp³-hybridized carbons (Fsp3) is 0.533. The number of carbonyl (C=O) groups excluding carboxylic acids is 1. The van der Waals surface area contributed by atoms with E-state index in [4.69, 9.17) is 0 Å². The number of carbonyl (C=O) groups is 1. The smallest absolute Gasteiger partial charge is 0.224 e. The number of rotatable bonds is 5. The molecule has 1 aliphatic heterocycles. The van der Waals surface area contributed by atoms with Crippen molar-refractivity contribution in [2.45, 2.75) is 32.6 Å². The van der Waals surface area contributed by atoms with Gasteiger partial charge in [-0.05, 0) is 49.9 Å². The largest absolute Gasteiger partial charge is 0.326 e. The first-order valence-electron chi connectivity index (χ1n) is 6.88. The number of hydrogen-bond donors (Lipinski definition) is 2. The van der Waals surface area contributed by atoms with E-state index in [0.29, 0.717) is 12.3 Å². The molecule has 0 spiro atoms. The van der Waals surface area contributed by atoms with Gasteiger partial charge in [-0.2, -0.15) is 0 Å². The Morgan fingerprint density at radius 3 is 3.00 bits per heavy atom. The number of para-hydroxylation sites is 1. The minimum absolute atomic E-state index is 0.141. The summed E-state index contributed by atoms with van der Waals surface area (Å²) >= 11 is 0. The molecule has 1 fully saturated rings. The molecule has 0 saturated carbocycles. The lowest BCUT2D eigenvalue weighted by Gasteiger charge is -2.11. The molecule has 0 radical (unpaired) electrons. The fourth-order valence-electron chi connectivity index (χ4n) is 2.46. The van der Waals surface area contributed by atoms with Crippen molar-refractivity contribution in [1.82, 2.24) is 5.32 Å². The topological polar surface area (TPSA) is 41.1 Å². The maximum absolute atomic E-state index is 11.9. The molecule has 1 heterocycles. The zero-order chi connectivity index (χ0) is 12.8. The number of nitrogens with one attached hydrogen (secondary N) is 2. The van der Waals surface area contributed by atoms with E-state index in [1.165, 1.54) is 12.0 Å². The summed E-state index contributed by atoms with van der Waals surface area (Å²) in [5.41, 5.74) is 2.17. The van der Waals surface area contributed by atoms with Crippen LogP contribution in [-0.2, 0) is 11.2 Å². The number of hydrogen-bond acceptors (Lipinski definition) is 2. The number of amides is 1. The normalized spacial score (nSPS) is 18.8. The molecular weight excluding hydrogens is 224 g/mol. The van der Waals surface area contributed by atoms with Gasteiger partial charge in [-0.1, -0.05) is 25.1 Å². The summed E-state index contributed by atoms with van der Waals surface area (Å²) in [6.07, 6.45) is 3.78. The van der Waals surface area contributed by atoms with E-state index in [-0.39, 0.29) is 5.91 Å². The van der Waals surface area contributed by atoms with Crippen LogP contribution in [0.5, 0.6) is 0 Å². The van der Waals surface area contributed by atoms with Gasteiger partial charge in [0.15, 0.2) is 0 Å². The van der Waals surface area contributed by atoms with Gasteiger partial charge < -0.3 is 10.6 Å². The predicted octanol–water partition coefficient (Wildman–Crippen LogP) is 2.58. The second-order valence-electron chi connectivity index (χ2n) is 4.96. The molecule has 0 bridgehead atoms. The third kappa shape index (κ3) is 3.57. The molecule has 2 N–H and O–H groups in total. The van der Waals surface area contributed by atoms with E-state index in [1.807, 2.05) is 18.2 Å². The van der Waals surface area contributed by atoms with Gasteiger partial charge in [0.05, 0.1) is 0 Å². The highest BCUT2D eigenvalue weighted by Gasteiger charge is 2.15. The fourth-order valence-corrected chi connectivity index (χ4v) is 2.46. The molecule has 2 rings (SSSR count). The van der Waals surface area contributed by atoms with Crippen molar-refractivity contribution in [1.29, 1.82) is 0 Å². The molecule has 3 nitrogen and oxygen atoms in total. The Kier molecular flexibility index (Phi) is 4.76. The number of anilines is 1. The Bertz CT molecular complexity index is 397. The molecule has 1 aliphatic rings. The first-order chi connectivity index (χ1) is 8.79. The molecule has 1 aromatic rings. The number of benzene rings is 1. The van der Waals surface area contributed by atoms with Crippen molar-refractivity contribution in [3.63, 3.8) is 0 Å². The monoisotopic (exact) mass is 246 g/mol. The Morgan fingerprint density at radius 1 is 1.44 bits per heavy atom. The van der Waals surface area contributed by atoms with Gasteiger partial charge in [-0.25, -0.2) is 0 Å². The molecule has 0 aliphatic carbocycles. The summed E-state index contributed by atoms with van der Waals surface area (Å²) in [6.45, 7) is 4.28. The standard InChI is InChI=1S/C15H22N2O/c1-2-13-5-3-4-6-14(13)17-15(18)8-7-12-9-10-16-11-12/h3-6,12,16H,2,7-11H2,1H3,(H,17,18). The molecule has 1 aromatic carbocycles. The molecule has 18 heavy (non-hydrogen) atoms. The SMILES string of the molecule is CCc1ccccc1NC(=O)CCC1CCNC1. The summed E-state index contributed by atoms with van der Waals surface area (Å²) in [4.78, 5) is 11.9. The van der Waals surface area contributed by atoms with Crippen LogP contribution < -0.4 is 10.6 Å². The minimum atomic E-state index is 0.141. The van der Waals surface area contributed by atoms with Crippen molar-refractivity contribution in [3.05, 3.63) is 29.8 Å². The molecular formula is C15H22N2O. The van der Waals surface area contributed by atoms with Crippen LogP contribution in [0.3, 0.4) is 0 Å². The molecule has 98 valence electrons. The van der Waals surface area contributed by atoms with Gasteiger partial charge in [-0.15, -0.1) is 0 Å². The maximum atomic E-state index is 11.9. The first kappa shape index (κ1) is 13.1. The van der Waals surface area contributed by atoms with E-state index in [1.54, 1.807) is 0 Å².